The predicted octanol–water partition coefficient (Wildman–Crippen LogP) is -1.51. The lowest BCUT2D eigenvalue weighted by Gasteiger charge is -2.07. The van der Waals surface area contributed by atoms with Crippen LogP contribution in [0.4, 0.5) is 11.9 Å². The van der Waals surface area contributed by atoms with E-state index >= 15 is 0 Å². The maximum absolute atomic E-state index is 8.76. The summed E-state index contributed by atoms with van der Waals surface area (Å²) >= 11 is 0. The second kappa shape index (κ2) is 3.97. The minimum absolute atomic E-state index is 0.0817. The Morgan fingerprint density at radius 2 is 2.15 bits per heavy atom. The molecular formula is C6H12N6O. The normalized spacial score (nSPS) is 12.5. The molecule has 0 aromatic carbocycles. The lowest BCUT2D eigenvalue weighted by molar-refractivity contribution is 0.263. The summed E-state index contributed by atoms with van der Waals surface area (Å²) in [6.45, 7) is -0.230. The topological polar surface area (TPSA) is 123 Å². The van der Waals surface area contributed by atoms with Crippen molar-refractivity contribution in [1.29, 1.82) is 0 Å². The molecule has 0 spiro atoms. The molecule has 0 amide bonds. The molecular weight excluding hydrogens is 172 g/mol. The molecule has 6 N–H and O–H groups in total. The van der Waals surface area contributed by atoms with Gasteiger partial charge in [-0.2, -0.15) is 15.0 Å². The van der Waals surface area contributed by atoms with Crippen LogP contribution in [-0.2, 0) is 0 Å². The molecule has 72 valence electrons. The van der Waals surface area contributed by atoms with Gasteiger partial charge in [-0.15, -0.1) is 0 Å². The van der Waals surface area contributed by atoms with Gasteiger partial charge in [0, 0.05) is 7.05 Å². The number of nitrogens with two attached hydrogens (primary N) is 2. The van der Waals surface area contributed by atoms with Crippen LogP contribution in [-0.4, -0.2) is 33.7 Å². The molecule has 0 radical (unpaired) electrons. The summed E-state index contributed by atoms with van der Waals surface area (Å²) < 4.78 is 0. The van der Waals surface area contributed by atoms with Crippen molar-refractivity contribution < 1.29 is 5.11 Å². The zero-order chi connectivity index (χ0) is 9.84. The number of aliphatic hydroxyl groups is 1. The van der Waals surface area contributed by atoms with Crippen molar-refractivity contribution in [3.63, 3.8) is 0 Å². The SMILES string of the molecule is CNc1nc(N)nc([C@H](N)CO)n1. The Labute approximate surface area is 75.2 Å². The lowest BCUT2D eigenvalue weighted by Crippen LogP contribution is -2.19. The summed E-state index contributed by atoms with van der Waals surface area (Å²) in [5, 5.41) is 11.5. The molecule has 1 aromatic rings. The second-order valence-corrected chi connectivity index (χ2v) is 2.41. The van der Waals surface area contributed by atoms with E-state index in [0.29, 0.717) is 5.95 Å². The zero-order valence-corrected chi connectivity index (χ0v) is 7.23. The summed E-state index contributed by atoms with van der Waals surface area (Å²) in [6, 6.07) is -0.627. The zero-order valence-electron chi connectivity index (χ0n) is 7.23. The van der Waals surface area contributed by atoms with Gasteiger partial charge in [-0.05, 0) is 0 Å². The van der Waals surface area contributed by atoms with Gasteiger partial charge in [-0.1, -0.05) is 0 Å². The number of nitrogens with one attached hydrogen (secondary N) is 1. The van der Waals surface area contributed by atoms with Crippen LogP contribution < -0.4 is 16.8 Å². The van der Waals surface area contributed by atoms with Gasteiger partial charge in [0.15, 0.2) is 5.82 Å². The summed E-state index contributed by atoms with van der Waals surface area (Å²) in [7, 11) is 1.66. The van der Waals surface area contributed by atoms with Gasteiger partial charge < -0.3 is 21.9 Å². The fourth-order valence-electron chi connectivity index (χ4n) is 0.769. The number of hydrogen-bond acceptors (Lipinski definition) is 7. The van der Waals surface area contributed by atoms with Crippen molar-refractivity contribution in [3.8, 4) is 0 Å². The van der Waals surface area contributed by atoms with E-state index in [2.05, 4.69) is 20.3 Å². The molecule has 1 rings (SSSR count). The first-order chi connectivity index (χ1) is 6.17. The summed E-state index contributed by atoms with van der Waals surface area (Å²) in [5.74, 6) is 0.698. The highest BCUT2D eigenvalue weighted by atomic mass is 16.3. The van der Waals surface area contributed by atoms with Crippen LogP contribution in [0, 0.1) is 0 Å². The van der Waals surface area contributed by atoms with Crippen LogP contribution in [0.5, 0.6) is 0 Å². The molecule has 1 heterocycles. The highest BCUT2D eigenvalue weighted by Gasteiger charge is 2.10. The Morgan fingerprint density at radius 1 is 1.46 bits per heavy atom. The van der Waals surface area contributed by atoms with E-state index in [1.165, 1.54) is 0 Å². The summed E-state index contributed by atoms with van der Waals surface area (Å²) in [4.78, 5) is 11.5. The Hall–Kier alpha value is -1.47. The van der Waals surface area contributed by atoms with Gasteiger partial charge in [0.05, 0.1) is 12.6 Å². The van der Waals surface area contributed by atoms with Crippen molar-refractivity contribution >= 4 is 11.9 Å². The van der Waals surface area contributed by atoms with Crippen LogP contribution in [0.3, 0.4) is 0 Å². The Balaban J connectivity index is 3.01. The number of nitrogen functional groups attached to an aromatic ring is 1. The van der Waals surface area contributed by atoms with Gasteiger partial charge >= 0.3 is 0 Å². The monoisotopic (exact) mass is 184 g/mol. The molecule has 7 heteroatoms. The van der Waals surface area contributed by atoms with Crippen LogP contribution in [0.1, 0.15) is 11.9 Å². The van der Waals surface area contributed by atoms with Gasteiger partial charge in [0.1, 0.15) is 0 Å². The molecule has 0 aliphatic carbocycles. The van der Waals surface area contributed by atoms with Crippen molar-refractivity contribution in [2.75, 3.05) is 24.7 Å². The predicted molar refractivity (Wildman–Crippen MR) is 47.8 cm³/mol. The van der Waals surface area contributed by atoms with Crippen LogP contribution >= 0.6 is 0 Å². The molecule has 1 aromatic heterocycles. The third-order valence-corrected chi connectivity index (χ3v) is 1.42. The van der Waals surface area contributed by atoms with Crippen molar-refractivity contribution in [2.24, 2.45) is 5.73 Å². The Morgan fingerprint density at radius 3 is 2.69 bits per heavy atom. The van der Waals surface area contributed by atoms with E-state index in [-0.39, 0.29) is 18.4 Å². The lowest BCUT2D eigenvalue weighted by atomic mass is 10.3. The fraction of sp³-hybridized carbons (Fsp3) is 0.500. The van der Waals surface area contributed by atoms with Crippen molar-refractivity contribution in [2.45, 2.75) is 6.04 Å². The number of nitrogens with zero attached hydrogens (tertiary/aromatic N) is 3. The fourth-order valence-corrected chi connectivity index (χ4v) is 0.769. The number of aliphatic hydroxyl groups excluding tert-OH is 1. The molecule has 1 atom stereocenters. The Kier molecular flexibility index (Phi) is 2.93. The average Bonchev–Trinajstić information content (AvgIpc) is 2.15. The minimum atomic E-state index is -0.627. The first-order valence-corrected chi connectivity index (χ1v) is 3.73. The van der Waals surface area contributed by atoms with Crippen LogP contribution in [0.25, 0.3) is 0 Å². The molecule has 0 unspecified atom stereocenters. The third-order valence-electron chi connectivity index (χ3n) is 1.42. The standard InChI is InChI=1S/C6H12N6O/c1-9-6-11-4(3(7)2-13)10-5(8)12-6/h3,13H,2,7H2,1H3,(H3,8,9,10,11,12)/t3-/m1/s1. The first-order valence-electron chi connectivity index (χ1n) is 3.73. The molecule has 0 saturated carbocycles. The summed E-state index contributed by atoms with van der Waals surface area (Å²) in [6.07, 6.45) is 0. The second-order valence-electron chi connectivity index (χ2n) is 2.41. The van der Waals surface area contributed by atoms with Crippen molar-refractivity contribution in [3.05, 3.63) is 5.82 Å². The average molecular weight is 184 g/mol. The van der Waals surface area contributed by atoms with Gasteiger partial charge in [-0.25, -0.2) is 0 Å². The smallest absolute Gasteiger partial charge is 0.227 e. The molecule has 0 saturated heterocycles. The number of hydrogen-bond donors (Lipinski definition) is 4. The Bertz CT molecular complexity index is 290. The molecule has 7 nitrogen and oxygen atoms in total. The largest absolute Gasteiger partial charge is 0.394 e. The number of anilines is 2. The maximum Gasteiger partial charge on any atom is 0.227 e. The first kappa shape index (κ1) is 9.62. The third kappa shape index (κ3) is 2.23. The highest BCUT2D eigenvalue weighted by molar-refractivity contribution is 5.30. The van der Waals surface area contributed by atoms with E-state index in [0.717, 1.165) is 0 Å². The molecule has 0 aliphatic heterocycles. The quantitative estimate of drug-likeness (QED) is 0.450. The van der Waals surface area contributed by atoms with Gasteiger partial charge in [0.2, 0.25) is 11.9 Å². The van der Waals surface area contributed by atoms with Gasteiger partial charge in [-0.3, -0.25) is 0 Å². The van der Waals surface area contributed by atoms with E-state index in [9.17, 15) is 0 Å². The van der Waals surface area contributed by atoms with Gasteiger partial charge in [0.25, 0.3) is 0 Å². The van der Waals surface area contributed by atoms with E-state index in [4.69, 9.17) is 16.6 Å². The summed E-state index contributed by atoms with van der Waals surface area (Å²) in [5.41, 5.74) is 10.9. The van der Waals surface area contributed by atoms with E-state index in [1.54, 1.807) is 7.05 Å². The maximum atomic E-state index is 8.76. The van der Waals surface area contributed by atoms with E-state index < -0.39 is 6.04 Å². The molecule has 0 bridgehead atoms. The van der Waals surface area contributed by atoms with E-state index in [1.807, 2.05) is 0 Å². The van der Waals surface area contributed by atoms with Crippen molar-refractivity contribution in [1.82, 2.24) is 15.0 Å². The molecule has 0 fully saturated rings. The number of aromatic nitrogens is 3. The minimum Gasteiger partial charge on any atom is -0.394 e. The molecule has 13 heavy (non-hydrogen) atoms. The number of rotatable bonds is 3. The van der Waals surface area contributed by atoms with Crippen LogP contribution in [0.2, 0.25) is 0 Å². The van der Waals surface area contributed by atoms with Crippen LogP contribution in [0.15, 0.2) is 0 Å². The molecule has 0 aliphatic rings. The highest BCUT2D eigenvalue weighted by Crippen LogP contribution is 2.07.